The van der Waals surface area contributed by atoms with E-state index in [4.69, 9.17) is 16.7 Å². The lowest BCUT2D eigenvalue weighted by Crippen LogP contribution is -2.53. The van der Waals surface area contributed by atoms with Gasteiger partial charge in [0.25, 0.3) is 0 Å². The van der Waals surface area contributed by atoms with Crippen LogP contribution in [0.5, 0.6) is 0 Å². The standard InChI is InChI=1S/C12H15ClN2O3/c1-3-12(2,10(16)17)15-11(18)14-9-6-4-5-8(13)7-9/h4-7H,3H2,1-2H3,(H,16,17)(H2,14,15,18). The Morgan fingerprint density at radius 3 is 2.61 bits per heavy atom. The zero-order valence-corrected chi connectivity index (χ0v) is 10.9. The van der Waals surface area contributed by atoms with Crippen LogP contribution in [-0.4, -0.2) is 22.6 Å². The van der Waals surface area contributed by atoms with Gasteiger partial charge in [0.15, 0.2) is 0 Å². The minimum atomic E-state index is -1.29. The molecule has 1 aromatic carbocycles. The van der Waals surface area contributed by atoms with Crippen molar-refractivity contribution in [3.8, 4) is 0 Å². The maximum Gasteiger partial charge on any atom is 0.329 e. The van der Waals surface area contributed by atoms with Gasteiger partial charge < -0.3 is 15.7 Å². The molecule has 3 N–H and O–H groups in total. The van der Waals surface area contributed by atoms with Gasteiger partial charge in [0.2, 0.25) is 0 Å². The molecule has 1 atom stereocenters. The molecule has 1 rings (SSSR count). The number of urea groups is 1. The first kappa shape index (κ1) is 14.3. The monoisotopic (exact) mass is 270 g/mol. The molecule has 2 amide bonds. The van der Waals surface area contributed by atoms with Crippen molar-refractivity contribution in [2.75, 3.05) is 5.32 Å². The summed E-state index contributed by atoms with van der Waals surface area (Å²) in [5, 5.41) is 14.5. The van der Waals surface area contributed by atoms with Crippen molar-refractivity contribution in [1.82, 2.24) is 5.32 Å². The highest BCUT2D eigenvalue weighted by atomic mass is 35.5. The Morgan fingerprint density at radius 1 is 1.44 bits per heavy atom. The summed E-state index contributed by atoms with van der Waals surface area (Å²) in [6.45, 7) is 3.14. The van der Waals surface area contributed by atoms with Crippen LogP contribution in [0.25, 0.3) is 0 Å². The number of halogens is 1. The molecule has 0 fully saturated rings. The Balaban J connectivity index is 2.70. The Kier molecular flexibility index (Phi) is 4.55. The van der Waals surface area contributed by atoms with E-state index >= 15 is 0 Å². The maximum atomic E-state index is 11.7. The van der Waals surface area contributed by atoms with E-state index in [1.165, 1.54) is 6.92 Å². The number of hydrogen-bond acceptors (Lipinski definition) is 2. The number of carboxylic acids is 1. The van der Waals surface area contributed by atoms with Crippen LogP contribution in [-0.2, 0) is 4.79 Å². The van der Waals surface area contributed by atoms with Crippen molar-refractivity contribution >= 4 is 29.3 Å². The first-order valence-electron chi connectivity index (χ1n) is 5.45. The van der Waals surface area contributed by atoms with Gasteiger partial charge in [-0.15, -0.1) is 0 Å². The smallest absolute Gasteiger partial charge is 0.329 e. The molecule has 0 aliphatic carbocycles. The number of rotatable bonds is 4. The van der Waals surface area contributed by atoms with E-state index in [1.54, 1.807) is 31.2 Å². The molecule has 98 valence electrons. The van der Waals surface area contributed by atoms with Gasteiger partial charge in [-0.25, -0.2) is 9.59 Å². The first-order valence-corrected chi connectivity index (χ1v) is 5.83. The molecule has 0 radical (unpaired) electrons. The van der Waals surface area contributed by atoms with Gasteiger partial charge in [0.05, 0.1) is 0 Å². The van der Waals surface area contributed by atoms with Crippen molar-refractivity contribution in [3.63, 3.8) is 0 Å². The fraction of sp³-hybridized carbons (Fsp3) is 0.333. The molecule has 0 bridgehead atoms. The number of hydrogen-bond donors (Lipinski definition) is 3. The van der Waals surface area contributed by atoms with Crippen molar-refractivity contribution in [2.45, 2.75) is 25.8 Å². The van der Waals surface area contributed by atoms with Crippen LogP contribution in [0, 0.1) is 0 Å². The van der Waals surface area contributed by atoms with Crippen LogP contribution >= 0.6 is 11.6 Å². The number of carboxylic acid groups (broad SMARTS) is 1. The van der Waals surface area contributed by atoms with Crippen LogP contribution in [0.4, 0.5) is 10.5 Å². The van der Waals surface area contributed by atoms with Crippen molar-refractivity contribution in [3.05, 3.63) is 29.3 Å². The van der Waals surface area contributed by atoms with Crippen LogP contribution < -0.4 is 10.6 Å². The fourth-order valence-electron chi connectivity index (χ4n) is 1.27. The minimum Gasteiger partial charge on any atom is -0.480 e. The summed E-state index contributed by atoms with van der Waals surface area (Å²) in [4.78, 5) is 22.7. The van der Waals surface area contributed by atoms with Gasteiger partial charge in [0, 0.05) is 10.7 Å². The molecule has 1 aromatic rings. The van der Waals surface area contributed by atoms with E-state index in [-0.39, 0.29) is 6.42 Å². The third kappa shape index (κ3) is 3.63. The SMILES string of the molecule is CCC(C)(NC(=O)Nc1cccc(Cl)c1)C(=O)O. The van der Waals surface area contributed by atoms with E-state index in [0.717, 1.165) is 0 Å². The predicted octanol–water partition coefficient (Wildman–Crippen LogP) is 2.71. The number of amides is 2. The van der Waals surface area contributed by atoms with Crippen molar-refractivity contribution in [1.29, 1.82) is 0 Å². The highest BCUT2D eigenvalue weighted by Crippen LogP contribution is 2.15. The third-order valence-electron chi connectivity index (χ3n) is 2.65. The summed E-state index contributed by atoms with van der Waals surface area (Å²) in [6, 6.07) is 6.02. The summed E-state index contributed by atoms with van der Waals surface area (Å²) in [6.07, 6.45) is 0.283. The molecule has 0 aliphatic heterocycles. The van der Waals surface area contributed by atoms with Crippen LogP contribution in [0.3, 0.4) is 0 Å². The zero-order valence-electron chi connectivity index (χ0n) is 10.2. The largest absolute Gasteiger partial charge is 0.480 e. The van der Waals surface area contributed by atoms with Crippen LogP contribution in [0.2, 0.25) is 5.02 Å². The average Bonchev–Trinajstić information content (AvgIpc) is 2.28. The van der Waals surface area contributed by atoms with Gasteiger partial charge in [-0.3, -0.25) is 0 Å². The number of benzene rings is 1. The summed E-state index contributed by atoms with van der Waals surface area (Å²) in [5.74, 6) is -1.08. The number of carbonyl (C=O) groups is 2. The molecular weight excluding hydrogens is 256 g/mol. The summed E-state index contributed by atoms with van der Waals surface area (Å²) in [5.41, 5.74) is -0.785. The van der Waals surface area contributed by atoms with Gasteiger partial charge in [-0.1, -0.05) is 24.6 Å². The molecule has 0 saturated carbocycles. The molecule has 0 aromatic heterocycles. The molecule has 0 spiro atoms. The van der Waals surface area contributed by atoms with Crippen molar-refractivity contribution in [2.24, 2.45) is 0 Å². The second kappa shape index (κ2) is 5.73. The number of anilines is 1. The Morgan fingerprint density at radius 2 is 2.11 bits per heavy atom. The van der Waals surface area contributed by atoms with Crippen LogP contribution in [0.15, 0.2) is 24.3 Å². The van der Waals surface area contributed by atoms with E-state index in [2.05, 4.69) is 10.6 Å². The third-order valence-corrected chi connectivity index (χ3v) is 2.89. The number of aliphatic carboxylic acids is 1. The Labute approximate surface area is 110 Å². The van der Waals surface area contributed by atoms with Crippen molar-refractivity contribution < 1.29 is 14.7 Å². The number of carbonyl (C=O) groups excluding carboxylic acids is 1. The highest BCUT2D eigenvalue weighted by molar-refractivity contribution is 6.30. The van der Waals surface area contributed by atoms with Crippen LogP contribution in [0.1, 0.15) is 20.3 Å². The lowest BCUT2D eigenvalue weighted by Gasteiger charge is -2.24. The molecule has 0 heterocycles. The lowest BCUT2D eigenvalue weighted by atomic mass is 10.00. The van der Waals surface area contributed by atoms with E-state index in [9.17, 15) is 9.59 Å². The summed E-state index contributed by atoms with van der Waals surface area (Å²) in [7, 11) is 0. The van der Waals surface area contributed by atoms with Gasteiger partial charge in [-0.2, -0.15) is 0 Å². The Bertz CT molecular complexity index is 464. The molecule has 18 heavy (non-hydrogen) atoms. The van der Waals surface area contributed by atoms with Gasteiger partial charge >= 0.3 is 12.0 Å². The second-order valence-electron chi connectivity index (χ2n) is 4.08. The molecular formula is C12H15ClN2O3. The molecule has 1 unspecified atom stereocenters. The second-order valence-corrected chi connectivity index (χ2v) is 4.52. The number of nitrogens with one attached hydrogen (secondary N) is 2. The Hall–Kier alpha value is -1.75. The van der Waals surface area contributed by atoms with E-state index < -0.39 is 17.5 Å². The zero-order chi connectivity index (χ0) is 13.8. The fourth-order valence-corrected chi connectivity index (χ4v) is 1.46. The topological polar surface area (TPSA) is 78.4 Å². The normalized spacial score (nSPS) is 13.5. The van der Waals surface area contributed by atoms with E-state index in [1.807, 2.05) is 0 Å². The minimum absolute atomic E-state index is 0.283. The molecule has 6 heteroatoms. The average molecular weight is 271 g/mol. The van der Waals surface area contributed by atoms with Gasteiger partial charge in [0.1, 0.15) is 5.54 Å². The maximum absolute atomic E-state index is 11.7. The highest BCUT2D eigenvalue weighted by Gasteiger charge is 2.32. The van der Waals surface area contributed by atoms with Gasteiger partial charge in [-0.05, 0) is 31.5 Å². The summed E-state index contributed by atoms with van der Waals surface area (Å²) < 4.78 is 0. The molecule has 0 aliphatic rings. The van der Waals surface area contributed by atoms with E-state index in [0.29, 0.717) is 10.7 Å². The predicted molar refractivity (Wildman–Crippen MR) is 69.9 cm³/mol. The first-order chi connectivity index (χ1) is 8.37. The summed E-state index contributed by atoms with van der Waals surface area (Å²) >= 11 is 5.77. The molecule has 0 saturated heterocycles. The molecule has 5 nitrogen and oxygen atoms in total. The lowest BCUT2D eigenvalue weighted by molar-refractivity contribution is -0.143. The quantitative estimate of drug-likeness (QED) is 0.787.